The topological polar surface area (TPSA) is 91.3 Å². The predicted molar refractivity (Wildman–Crippen MR) is 95.4 cm³/mol. The molecule has 0 aromatic heterocycles. The van der Waals surface area contributed by atoms with E-state index in [0.717, 1.165) is 0 Å². The second-order valence-electron chi connectivity index (χ2n) is 7.79. The van der Waals surface area contributed by atoms with Crippen molar-refractivity contribution in [3.05, 3.63) is 12.7 Å². The van der Waals surface area contributed by atoms with Gasteiger partial charge in [-0.3, -0.25) is 4.84 Å². The zero-order chi connectivity index (χ0) is 18.5. The number of carboxylic acid groups (broad SMARTS) is 1. The standard InChI is InChI=1S/C16H32N2O5Si/c1-7-8-22-17-13-10-18(15(20)21)12(9-14(13)19)11-23-24(5,6)16(2,3)4/h7,12-14,17,19H,1,8-11H2,2-6H3,(H,20,21)/t12-,13-,14-/m0/s1. The molecule has 1 fully saturated rings. The molecule has 140 valence electrons. The Labute approximate surface area is 145 Å². The van der Waals surface area contributed by atoms with Crippen molar-refractivity contribution in [2.24, 2.45) is 0 Å². The zero-order valence-corrected chi connectivity index (χ0v) is 16.4. The summed E-state index contributed by atoms with van der Waals surface area (Å²) in [7, 11) is -1.97. The van der Waals surface area contributed by atoms with Gasteiger partial charge in [-0.25, -0.2) is 4.79 Å². The van der Waals surface area contributed by atoms with Gasteiger partial charge in [-0.15, -0.1) is 6.58 Å². The SMILES string of the molecule is C=CCON[C@H]1CN(C(=O)O)[C@H](CO[Si](C)(C)C(C)(C)C)C[C@@H]1O. The van der Waals surface area contributed by atoms with Crippen molar-refractivity contribution in [2.75, 3.05) is 19.8 Å². The van der Waals surface area contributed by atoms with E-state index >= 15 is 0 Å². The third kappa shape index (κ3) is 5.56. The summed E-state index contributed by atoms with van der Waals surface area (Å²) in [6, 6.07) is -0.825. The van der Waals surface area contributed by atoms with Crippen molar-refractivity contribution in [2.45, 2.75) is 63.5 Å². The van der Waals surface area contributed by atoms with E-state index in [9.17, 15) is 15.0 Å². The van der Waals surface area contributed by atoms with E-state index < -0.39 is 26.6 Å². The highest BCUT2D eigenvalue weighted by molar-refractivity contribution is 6.74. The number of likely N-dealkylation sites (tertiary alicyclic amines) is 1. The van der Waals surface area contributed by atoms with Gasteiger partial charge in [0.1, 0.15) is 0 Å². The Morgan fingerprint density at radius 3 is 2.58 bits per heavy atom. The molecule has 24 heavy (non-hydrogen) atoms. The third-order valence-corrected chi connectivity index (χ3v) is 9.44. The van der Waals surface area contributed by atoms with Crippen LogP contribution in [0, 0.1) is 0 Å². The van der Waals surface area contributed by atoms with Crippen LogP contribution in [-0.2, 0) is 9.26 Å². The summed E-state index contributed by atoms with van der Waals surface area (Å²) in [6.07, 6.45) is 0.183. The van der Waals surface area contributed by atoms with Gasteiger partial charge >= 0.3 is 6.09 Å². The minimum Gasteiger partial charge on any atom is -0.465 e. The van der Waals surface area contributed by atoms with Crippen LogP contribution < -0.4 is 5.48 Å². The molecule has 7 nitrogen and oxygen atoms in total. The van der Waals surface area contributed by atoms with Crippen LogP contribution in [-0.4, -0.2) is 67.5 Å². The van der Waals surface area contributed by atoms with Crippen LogP contribution >= 0.6 is 0 Å². The van der Waals surface area contributed by atoms with Gasteiger partial charge in [-0.05, 0) is 24.6 Å². The molecule has 1 aliphatic rings. The summed E-state index contributed by atoms with van der Waals surface area (Å²) >= 11 is 0. The first-order valence-corrected chi connectivity index (χ1v) is 11.2. The number of rotatable bonds is 7. The summed E-state index contributed by atoms with van der Waals surface area (Å²) in [5, 5.41) is 19.8. The maximum Gasteiger partial charge on any atom is 0.407 e. The smallest absolute Gasteiger partial charge is 0.407 e. The van der Waals surface area contributed by atoms with E-state index in [1.807, 2.05) is 0 Å². The number of nitrogens with zero attached hydrogens (tertiary/aromatic N) is 1. The Kier molecular flexibility index (Phi) is 7.42. The monoisotopic (exact) mass is 360 g/mol. The quantitative estimate of drug-likeness (QED) is 0.279. The van der Waals surface area contributed by atoms with Gasteiger partial charge in [0.2, 0.25) is 0 Å². The number of hydrogen-bond acceptors (Lipinski definition) is 5. The van der Waals surface area contributed by atoms with E-state index in [4.69, 9.17) is 9.26 Å². The first kappa shape index (κ1) is 21.1. The lowest BCUT2D eigenvalue weighted by molar-refractivity contribution is -0.0588. The van der Waals surface area contributed by atoms with Gasteiger partial charge in [-0.1, -0.05) is 26.8 Å². The number of piperidine rings is 1. The second-order valence-corrected chi connectivity index (χ2v) is 12.6. The first-order chi connectivity index (χ1) is 11.0. The highest BCUT2D eigenvalue weighted by Gasteiger charge is 2.41. The molecule has 1 aliphatic heterocycles. The van der Waals surface area contributed by atoms with Crippen LogP contribution in [0.2, 0.25) is 18.1 Å². The lowest BCUT2D eigenvalue weighted by atomic mass is 9.96. The molecule has 0 aromatic carbocycles. The molecule has 0 saturated carbocycles. The maximum atomic E-state index is 11.6. The van der Waals surface area contributed by atoms with Crippen molar-refractivity contribution in [1.29, 1.82) is 0 Å². The van der Waals surface area contributed by atoms with Gasteiger partial charge in [0.15, 0.2) is 8.32 Å². The van der Waals surface area contributed by atoms with E-state index in [1.54, 1.807) is 6.08 Å². The summed E-state index contributed by atoms with van der Waals surface area (Å²) in [5.41, 5.74) is 2.72. The number of hydrogen-bond donors (Lipinski definition) is 3. The van der Waals surface area contributed by atoms with E-state index in [2.05, 4.69) is 45.9 Å². The lowest BCUT2D eigenvalue weighted by Crippen LogP contribution is -2.60. The maximum absolute atomic E-state index is 11.6. The number of aliphatic hydroxyl groups excluding tert-OH is 1. The van der Waals surface area contributed by atoms with Crippen molar-refractivity contribution >= 4 is 14.4 Å². The highest BCUT2D eigenvalue weighted by Crippen LogP contribution is 2.37. The highest BCUT2D eigenvalue weighted by atomic mass is 28.4. The average molecular weight is 361 g/mol. The lowest BCUT2D eigenvalue weighted by Gasteiger charge is -2.43. The van der Waals surface area contributed by atoms with Crippen molar-refractivity contribution in [1.82, 2.24) is 10.4 Å². The average Bonchev–Trinajstić information content (AvgIpc) is 2.45. The summed E-state index contributed by atoms with van der Waals surface area (Å²) in [6.45, 7) is 15.0. The molecule has 3 N–H and O–H groups in total. The molecule has 1 rings (SSSR count). The van der Waals surface area contributed by atoms with Crippen LogP contribution in [0.15, 0.2) is 12.7 Å². The number of carbonyl (C=O) groups is 1. The molecular weight excluding hydrogens is 328 g/mol. The molecule has 8 heteroatoms. The molecular formula is C16H32N2O5Si. The fourth-order valence-electron chi connectivity index (χ4n) is 2.30. The molecule has 0 aromatic rings. The van der Waals surface area contributed by atoms with Gasteiger partial charge in [0.25, 0.3) is 0 Å². The number of nitrogens with one attached hydrogen (secondary N) is 1. The molecule has 1 amide bonds. The van der Waals surface area contributed by atoms with Gasteiger partial charge in [0, 0.05) is 6.54 Å². The molecule has 1 heterocycles. The molecule has 0 unspecified atom stereocenters. The van der Waals surface area contributed by atoms with Crippen LogP contribution in [0.5, 0.6) is 0 Å². The third-order valence-electron chi connectivity index (χ3n) is 4.94. The number of amides is 1. The molecule has 0 aliphatic carbocycles. The molecule has 1 saturated heterocycles. The Bertz CT molecular complexity index is 439. The zero-order valence-electron chi connectivity index (χ0n) is 15.4. The fraction of sp³-hybridized carbons (Fsp3) is 0.812. The largest absolute Gasteiger partial charge is 0.465 e. The van der Waals surface area contributed by atoms with E-state index in [0.29, 0.717) is 13.0 Å². The van der Waals surface area contributed by atoms with Crippen LogP contribution in [0.3, 0.4) is 0 Å². The number of hydroxylamine groups is 1. The first-order valence-electron chi connectivity index (χ1n) is 8.29. The Balaban J connectivity index is 2.70. The minimum absolute atomic E-state index is 0.0525. The van der Waals surface area contributed by atoms with Gasteiger partial charge in [0.05, 0.1) is 31.4 Å². The van der Waals surface area contributed by atoms with Crippen LogP contribution in [0.25, 0.3) is 0 Å². The molecule has 3 atom stereocenters. The Morgan fingerprint density at radius 2 is 2.08 bits per heavy atom. The second kappa shape index (κ2) is 8.44. The van der Waals surface area contributed by atoms with E-state index in [1.165, 1.54) is 4.90 Å². The fourth-order valence-corrected chi connectivity index (χ4v) is 3.34. The molecule has 0 radical (unpaired) electrons. The minimum atomic E-state index is -1.97. The van der Waals surface area contributed by atoms with Crippen LogP contribution in [0.1, 0.15) is 27.2 Å². The summed E-state index contributed by atoms with van der Waals surface area (Å²) in [4.78, 5) is 18.1. The van der Waals surface area contributed by atoms with Gasteiger partial charge < -0.3 is 19.5 Å². The van der Waals surface area contributed by atoms with E-state index in [-0.39, 0.29) is 24.2 Å². The Morgan fingerprint density at radius 1 is 1.46 bits per heavy atom. The predicted octanol–water partition coefficient (Wildman–Crippen LogP) is 2.20. The summed E-state index contributed by atoms with van der Waals surface area (Å²) in [5.74, 6) is 0. The van der Waals surface area contributed by atoms with Gasteiger partial charge in [-0.2, -0.15) is 5.48 Å². The Hall–Kier alpha value is -0.933. The van der Waals surface area contributed by atoms with Crippen molar-refractivity contribution in [3.8, 4) is 0 Å². The molecule has 0 spiro atoms. The van der Waals surface area contributed by atoms with Crippen LogP contribution in [0.4, 0.5) is 4.79 Å². The van der Waals surface area contributed by atoms with Crippen molar-refractivity contribution in [3.63, 3.8) is 0 Å². The summed E-state index contributed by atoms with van der Waals surface area (Å²) < 4.78 is 6.15. The van der Waals surface area contributed by atoms with Crippen molar-refractivity contribution < 1.29 is 24.3 Å². The number of aliphatic hydroxyl groups is 1. The molecule has 0 bridgehead atoms. The normalized spacial score (nSPS) is 25.6.